The molecule has 0 bridgehead atoms. The first-order chi connectivity index (χ1) is 8.66. The van der Waals surface area contributed by atoms with Crippen LogP contribution in [0.3, 0.4) is 0 Å². The third-order valence-corrected chi connectivity index (χ3v) is 2.90. The molecule has 0 fully saturated rings. The van der Waals surface area contributed by atoms with Crippen LogP contribution in [-0.4, -0.2) is 59.1 Å². The highest BCUT2D eigenvalue weighted by molar-refractivity contribution is 7.88. The van der Waals surface area contributed by atoms with E-state index in [1.165, 1.54) is 0 Å². The van der Waals surface area contributed by atoms with Gasteiger partial charge in [-0.2, -0.15) is 0 Å². The molecule has 19 heavy (non-hydrogen) atoms. The van der Waals surface area contributed by atoms with E-state index in [4.69, 9.17) is 9.47 Å². The lowest BCUT2D eigenvalue weighted by Gasteiger charge is -2.25. The zero-order valence-electron chi connectivity index (χ0n) is 12.0. The zero-order valence-corrected chi connectivity index (χ0v) is 12.8. The summed E-state index contributed by atoms with van der Waals surface area (Å²) in [4.78, 5) is 10.9. The number of sulfonamides is 1. The fraction of sp³-hybridized carbons (Fsp3) is 0.909. The highest BCUT2D eigenvalue weighted by Crippen LogP contribution is 2.01. The molecule has 0 aromatic rings. The van der Waals surface area contributed by atoms with E-state index in [0.717, 1.165) is 6.26 Å². The van der Waals surface area contributed by atoms with Crippen molar-refractivity contribution in [3.63, 3.8) is 0 Å². The summed E-state index contributed by atoms with van der Waals surface area (Å²) in [5.74, 6) is -0.387. The molecule has 2 N–H and O–H groups in total. The monoisotopic (exact) mass is 296 g/mol. The molecule has 0 aliphatic heterocycles. The van der Waals surface area contributed by atoms with Gasteiger partial charge >= 0.3 is 5.97 Å². The number of carbonyl (C=O) groups excluding carboxylic acids is 1. The molecule has 0 amide bonds. The van der Waals surface area contributed by atoms with Gasteiger partial charge in [0, 0.05) is 18.6 Å². The lowest BCUT2D eigenvalue weighted by atomic mass is 10.1. The van der Waals surface area contributed by atoms with Gasteiger partial charge in [0.15, 0.2) is 0 Å². The number of hydrogen-bond donors (Lipinski definition) is 2. The lowest BCUT2D eigenvalue weighted by molar-refractivity contribution is -0.148. The molecule has 0 aromatic heterocycles. The molecule has 0 aliphatic rings. The van der Waals surface area contributed by atoms with Crippen LogP contribution in [0.2, 0.25) is 0 Å². The predicted molar refractivity (Wildman–Crippen MR) is 72.4 cm³/mol. The van der Waals surface area contributed by atoms with E-state index in [2.05, 4.69) is 10.0 Å². The van der Waals surface area contributed by atoms with E-state index in [9.17, 15) is 13.2 Å². The van der Waals surface area contributed by atoms with Crippen molar-refractivity contribution in [1.82, 2.24) is 10.0 Å². The Kier molecular flexibility index (Phi) is 8.15. The first-order valence-electron chi connectivity index (χ1n) is 6.09. The van der Waals surface area contributed by atoms with Crippen LogP contribution in [0.5, 0.6) is 0 Å². The molecule has 0 saturated heterocycles. The smallest absolute Gasteiger partial charge is 0.332 e. The molecule has 0 spiro atoms. The number of carbonyl (C=O) groups is 1. The Morgan fingerprint density at radius 3 is 2.47 bits per heavy atom. The molecule has 0 aromatic carbocycles. The van der Waals surface area contributed by atoms with Crippen molar-refractivity contribution >= 4 is 16.0 Å². The number of ether oxygens (including phenoxy) is 2. The van der Waals surface area contributed by atoms with Gasteiger partial charge < -0.3 is 14.8 Å². The number of hydrogen-bond acceptors (Lipinski definition) is 6. The predicted octanol–water partition coefficient (Wildman–Crippen LogP) is -0.516. The Hall–Kier alpha value is -0.700. The van der Waals surface area contributed by atoms with E-state index in [-0.39, 0.29) is 12.6 Å². The van der Waals surface area contributed by atoms with Crippen LogP contribution >= 0.6 is 0 Å². The quantitative estimate of drug-likeness (QED) is 0.416. The molecule has 0 rings (SSSR count). The van der Waals surface area contributed by atoms with Crippen molar-refractivity contribution in [2.45, 2.75) is 26.3 Å². The molecule has 0 saturated carbocycles. The highest BCUT2D eigenvalue weighted by Gasteiger charge is 2.21. The van der Waals surface area contributed by atoms with E-state index in [0.29, 0.717) is 26.3 Å². The molecule has 0 heterocycles. The topological polar surface area (TPSA) is 93.7 Å². The molecule has 0 radical (unpaired) electrons. The standard InChI is InChI=1S/C11H24N2O5S/c1-5-18-10(14)8-17-7-6-12-9-11(2,3)13-19(4,15)16/h12-13H,5-9H2,1-4H3. The van der Waals surface area contributed by atoms with Gasteiger partial charge in [0.25, 0.3) is 0 Å². The van der Waals surface area contributed by atoms with Crippen molar-refractivity contribution in [2.75, 3.05) is 39.2 Å². The second kappa shape index (κ2) is 8.47. The summed E-state index contributed by atoms with van der Waals surface area (Å²) < 4.78 is 34.5. The molecular formula is C11H24N2O5S. The van der Waals surface area contributed by atoms with Gasteiger partial charge in [-0.15, -0.1) is 0 Å². The molecule has 7 nitrogen and oxygen atoms in total. The van der Waals surface area contributed by atoms with E-state index >= 15 is 0 Å². The highest BCUT2D eigenvalue weighted by atomic mass is 32.2. The molecular weight excluding hydrogens is 272 g/mol. The zero-order chi connectivity index (χ0) is 14.9. The summed E-state index contributed by atoms with van der Waals surface area (Å²) in [5.41, 5.74) is -0.575. The van der Waals surface area contributed by atoms with E-state index in [1.807, 2.05) is 0 Å². The molecule has 0 atom stereocenters. The normalized spacial score (nSPS) is 12.4. The Morgan fingerprint density at radius 1 is 1.32 bits per heavy atom. The minimum absolute atomic E-state index is 0.0689. The fourth-order valence-electron chi connectivity index (χ4n) is 1.44. The van der Waals surface area contributed by atoms with Gasteiger partial charge in [0.2, 0.25) is 10.0 Å². The second-order valence-electron chi connectivity index (χ2n) is 4.79. The van der Waals surface area contributed by atoms with Crippen molar-refractivity contribution in [2.24, 2.45) is 0 Å². The summed E-state index contributed by atoms with van der Waals surface area (Å²) in [6.45, 7) is 6.90. The first kappa shape index (κ1) is 18.3. The third-order valence-electron chi connectivity index (χ3n) is 1.98. The van der Waals surface area contributed by atoms with Crippen molar-refractivity contribution < 1.29 is 22.7 Å². The average Bonchev–Trinajstić information content (AvgIpc) is 2.20. The minimum Gasteiger partial charge on any atom is -0.464 e. The summed E-state index contributed by atoms with van der Waals surface area (Å²) >= 11 is 0. The van der Waals surface area contributed by atoms with Crippen LogP contribution in [0.1, 0.15) is 20.8 Å². The van der Waals surface area contributed by atoms with Crippen molar-refractivity contribution in [1.29, 1.82) is 0 Å². The van der Waals surface area contributed by atoms with Gasteiger partial charge in [-0.25, -0.2) is 17.9 Å². The minimum atomic E-state index is -3.23. The number of rotatable bonds is 10. The van der Waals surface area contributed by atoms with Crippen LogP contribution in [0, 0.1) is 0 Å². The second-order valence-corrected chi connectivity index (χ2v) is 6.54. The first-order valence-corrected chi connectivity index (χ1v) is 7.98. The van der Waals surface area contributed by atoms with Crippen LogP contribution in [0.25, 0.3) is 0 Å². The summed E-state index contributed by atoms with van der Waals surface area (Å²) in [6, 6.07) is 0. The van der Waals surface area contributed by atoms with Crippen LogP contribution in [-0.2, 0) is 24.3 Å². The van der Waals surface area contributed by atoms with Gasteiger partial charge in [0.05, 0.1) is 19.5 Å². The van der Waals surface area contributed by atoms with Crippen molar-refractivity contribution in [3.8, 4) is 0 Å². The average molecular weight is 296 g/mol. The van der Waals surface area contributed by atoms with Crippen LogP contribution < -0.4 is 10.0 Å². The Labute approximate surface area is 115 Å². The summed E-state index contributed by atoms with van der Waals surface area (Å²) in [6.07, 6.45) is 1.12. The Morgan fingerprint density at radius 2 is 1.95 bits per heavy atom. The van der Waals surface area contributed by atoms with E-state index < -0.39 is 15.6 Å². The lowest BCUT2D eigenvalue weighted by Crippen LogP contribution is -2.50. The molecule has 0 aliphatic carbocycles. The summed E-state index contributed by atoms with van der Waals surface area (Å²) in [7, 11) is -3.23. The third kappa shape index (κ3) is 12.1. The Bertz CT molecular complexity index is 367. The molecule has 8 heteroatoms. The fourth-order valence-corrected chi connectivity index (χ4v) is 2.52. The Balaban J connectivity index is 3.66. The van der Waals surface area contributed by atoms with Gasteiger partial charge in [-0.05, 0) is 20.8 Å². The number of esters is 1. The SMILES string of the molecule is CCOC(=O)COCCNCC(C)(C)NS(C)(=O)=O. The maximum atomic E-state index is 11.1. The summed E-state index contributed by atoms with van der Waals surface area (Å²) in [5, 5.41) is 3.05. The maximum absolute atomic E-state index is 11.1. The van der Waals surface area contributed by atoms with Crippen LogP contribution in [0.15, 0.2) is 0 Å². The van der Waals surface area contributed by atoms with E-state index in [1.54, 1.807) is 20.8 Å². The van der Waals surface area contributed by atoms with Crippen LogP contribution in [0.4, 0.5) is 0 Å². The molecule has 0 unspecified atom stereocenters. The van der Waals surface area contributed by atoms with Gasteiger partial charge in [0.1, 0.15) is 6.61 Å². The van der Waals surface area contributed by atoms with Crippen molar-refractivity contribution in [3.05, 3.63) is 0 Å². The molecule has 114 valence electrons. The van der Waals surface area contributed by atoms with Gasteiger partial charge in [-0.3, -0.25) is 0 Å². The van der Waals surface area contributed by atoms with Gasteiger partial charge in [-0.1, -0.05) is 0 Å². The number of nitrogens with one attached hydrogen (secondary N) is 2. The largest absolute Gasteiger partial charge is 0.464 e. The maximum Gasteiger partial charge on any atom is 0.332 e.